The number of nitrogens with zero attached hydrogens (tertiary/aromatic N) is 1. The first-order valence-corrected chi connectivity index (χ1v) is 12.4. The van der Waals surface area contributed by atoms with Crippen LogP contribution in [0, 0.1) is 23.4 Å². The van der Waals surface area contributed by atoms with Crippen molar-refractivity contribution in [2.24, 2.45) is 5.92 Å². The largest absolute Gasteiger partial charge is 0.487 e. The van der Waals surface area contributed by atoms with Crippen LogP contribution in [0.3, 0.4) is 0 Å². The zero-order valence-corrected chi connectivity index (χ0v) is 19.2. The molecule has 4 rings (SSSR count). The Morgan fingerprint density at radius 1 is 1.03 bits per heavy atom. The highest BCUT2D eigenvalue weighted by atomic mass is 32.1. The van der Waals surface area contributed by atoms with E-state index in [0.717, 1.165) is 70.6 Å². The number of hydrogen-bond donors (Lipinski definition) is 1. The van der Waals surface area contributed by atoms with Gasteiger partial charge in [0.1, 0.15) is 6.10 Å². The minimum atomic E-state index is -1.21. The van der Waals surface area contributed by atoms with Gasteiger partial charge >= 0.3 is 6.09 Å². The molecular weight excluding hydrogens is 453 g/mol. The maximum absolute atomic E-state index is 13.8. The van der Waals surface area contributed by atoms with E-state index in [1.54, 1.807) is 6.07 Å². The smallest absolute Gasteiger partial charge is 0.413 e. The van der Waals surface area contributed by atoms with Gasteiger partial charge in [0.2, 0.25) is 0 Å². The van der Waals surface area contributed by atoms with E-state index in [1.807, 2.05) is 11.4 Å². The van der Waals surface area contributed by atoms with Gasteiger partial charge in [0.05, 0.1) is 0 Å². The van der Waals surface area contributed by atoms with Gasteiger partial charge in [0.25, 0.3) is 0 Å². The van der Waals surface area contributed by atoms with E-state index in [0.29, 0.717) is 17.0 Å². The lowest BCUT2D eigenvalue weighted by Gasteiger charge is -2.34. The third kappa shape index (κ3) is 6.86. The van der Waals surface area contributed by atoms with Gasteiger partial charge < -0.3 is 19.7 Å². The van der Waals surface area contributed by atoms with E-state index in [2.05, 4.69) is 10.2 Å². The Morgan fingerprint density at radius 3 is 2.45 bits per heavy atom. The van der Waals surface area contributed by atoms with Crippen molar-refractivity contribution in [3.05, 3.63) is 47.1 Å². The molecule has 1 aliphatic carbocycles. The zero-order valence-electron chi connectivity index (χ0n) is 18.4. The number of piperidine rings is 1. The normalized spacial score (nSPS) is 22.2. The number of rotatable bonds is 7. The van der Waals surface area contributed by atoms with Crippen molar-refractivity contribution in [1.29, 1.82) is 0 Å². The average Bonchev–Trinajstić information content (AvgIpc) is 3.31. The zero-order chi connectivity index (χ0) is 23.2. The summed E-state index contributed by atoms with van der Waals surface area (Å²) in [5.41, 5.74) is 0. The fourth-order valence-corrected chi connectivity index (χ4v) is 5.17. The number of carbonyl (C=O) groups is 1. The number of carbonyl (C=O) groups excluding carboxylic acids is 1. The van der Waals surface area contributed by atoms with E-state index in [-0.39, 0.29) is 24.0 Å². The first-order chi connectivity index (χ1) is 16.0. The Hall–Kier alpha value is -2.26. The molecule has 5 nitrogen and oxygen atoms in total. The summed E-state index contributed by atoms with van der Waals surface area (Å²) in [4.78, 5) is 14.4. The second-order valence-corrected chi connectivity index (χ2v) is 9.74. The van der Waals surface area contributed by atoms with Gasteiger partial charge in [-0.25, -0.2) is 18.0 Å². The second kappa shape index (κ2) is 11.2. The molecule has 0 unspecified atom stereocenters. The lowest BCUT2D eigenvalue weighted by Crippen LogP contribution is -2.41. The quantitative estimate of drug-likeness (QED) is 0.511. The molecule has 2 fully saturated rings. The summed E-state index contributed by atoms with van der Waals surface area (Å²) in [7, 11) is 0. The van der Waals surface area contributed by atoms with E-state index >= 15 is 0 Å². The number of ether oxygens (including phenoxy) is 2. The summed E-state index contributed by atoms with van der Waals surface area (Å²) in [5.74, 6) is -2.77. The van der Waals surface area contributed by atoms with Gasteiger partial charge in [-0.1, -0.05) is 0 Å². The molecule has 2 aromatic rings. The molecule has 1 aromatic heterocycles. The van der Waals surface area contributed by atoms with Crippen LogP contribution in [-0.4, -0.2) is 42.8 Å². The Balaban J connectivity index is 1.11. The standard InChI is InChI=1S/C24H29F3N2O3S/c25-19-14-21(27)22(15-20(19)26)31-18-8-11-29(12-9-18)10-7-16-3-5-17(6-4-16)28-24(30)32-23-2-1-13-33-23/h1-2,13-18H,3-12H2,(H,28,30). The molecule has 2 heterocycles. The lowest BCUT2D eigenvalue weighted by atomic mass is 9.84. The van der Waals surface area contributed by atoms with E-state index < -0.39 is 17.5 Å². The predicted octanol–water partition coefficient (Wildman–Crippen LogP) is 5.75. The Labute approximate surface area is 195 Å². The predicted molar refractivity (Wildman–Crippen MR) is 120 cm³/mol. The summed E-state index contributed by atoms with van der Waals surface area (Å²) in [6.07, 6.45) is 6.06. The molecule has 0 atom stereocenters. The monoisotopic (exact) mass is 482 g/mol. The molecule has 1 saturated heterocycles. The van der Waals surface area contributed by atoms with Gasteiger partial charge in [0, 0.05) is 31.3 Å². The van der Waals surface area contributed by atoms with Crippen LogP contribution in [0.15, 0.2) is 29.6 Å². The number of halogens is 3. The van der Waals surface area contributed by atoms with Crippen LogP contribution in [0.1, 0.15) is 44.9 Å². The first-order valence-electron chi connectivity index (χ1n) is 11.5. The lowest BCUT2D eigenvalue weighted by molar-refractivity contribution is 0.0914. The SMILES string of the molecule is O=C(NC1CCC(CCN2CCC(Oc3cc(F)c(F)cc3F)CC2)CC1)Oc1cccs1. The Kier molecular flexibility index (Phi) is 8.14. The number of hydrogen-bond acceptors (Lipinski definition) is 5. The van der Waals surface area contributed by atoms with Crippen LogP contribution in [0.25, 0.3) is 0 Å². The molecule has 0 radical (unpaired) electrons. The molecule has 0 spiro atoms. The Bertz CT molecular complexity index is 912. The summed E-state index contributed by atoms with van der Waals surface area (Å²) in [5, 5.41) is 5.44. The molecule has 2 aliphatic rings. The van der Waals surface area contributed by atoms with Crippen molar-refractivity contribution in [1.82, 2.24) is 10.2 Å². The molecule has 9 heteroatoms. The van der Waals surface area contributed by atoms with Crippen LogP contribution in [0.2, 0.25) is 0 Å². The maximum Gasteiger partial charge on any atom is 0.413 e. The number of thiophene rings is 1. The first kappa shape index (κ1) is 23.9. The third-order valence-electron chi connectivity index (χ3n) is 6.51. The highest BCUT2D eigenvalue weighted by molar-refractivity contribution is 7.11. The molecule has 33 heavy (non-hydrogen) atoms. The van der Waals surface area contributed by atoms with Crippen molar-refractivity contribution >= 4 is 17.4 Å². The van der Waals surface area contributed by atoms with Crippen molar-refractivity contribution in [3.8, 4) is 10.8 Å². The van der Waals surface area contributed by atoms with Gasteiger partial charge in [-0.3, -0.25) is 0 Å². The average molecular weight is 483 g/mol. The summed E-state index contributed by atoms with van der Waals surface area (Å²) in [6, 6.07) is 5.09. The fraction of sp³-hybridized carbons (Fsp3) is 0.542. The van der Waals surface area contributed by atoms with Crippen LogP contribution in [0.5, 0.6) is 10.8 Å². The minimum Gasteiger partial charge on any atom is -0.487 e. The number of likely N-dealkylation sites (tertiary alicyclic amines) is 1. The summed E-state index contributed by atoms with van der Waals surface area (Å²) in [6.45, 7) is 2.66. The van der Waals surface area contributed by atoms with Crippen LogP contribution >= 0.6 is 11.3 Å². The van der Waals surface area contributed by atoms with E-state index in [9.17, 15) is 18.0 Å². The number of benzene rings is 1. The minimum absolute atomic E-state index is 0.165. The van der Waals surface area contributed by atoms with Gasteiger partial charge in [-0.2, -0.15) is 0 Å². The number of nitrogens with one attached hydrogen (secondary N) is 1. The van der Waals surface area contributed by atoms with Gasteiger partial charge in [0.15, 0.2) is 28.3 Å². The topological polar surface area (TPSA) is 50.8 Å². The van der Waals surface area contributed by atoms with E-state index in [1.165, 1.54) is 11.3 Å². The molecular formula is C24H29F3N2O3S. The fourth-order valence-electron chi connectivity index (χ4n) is 4.59. The molecule has 180 valence electrons. The molecule has 1 N–H and O–H groups in total. The van der Waals surface area contributed by atoms with Crippen molar-refractivity contribution in [3.63, 3.8) is 0 Å². The molecule has 1 amide bonds. The summed E-state index contributed by atoms with van der Waals surface area (Å²) >= 11 is 1.39. The second-order valence-electron chi connectivity index (χ2n) is 8.83. The van der Waals surface area contributed by atoms with Crippen molar-refractivity contribution in [2.45, 2.75) is 57.1 Å². The molecule has 1 aromatic carbocycles. The number of amides is 1. The van der Waals surface area contributed by atoms with Crippen molar-refractivity contribution < 1.29 is 27.4 Å². The van der Waals surface area contributed by atoms with Crippen molar-refractivity contribution in [2.75, 3.05) is 19.6 Å². The third-order valence-corrected chi connectivity index (χ3v) is 7.26. The van der Waals surface area contributed by atoms with Gasteiger partial charge in [-0.05, 0) is 74.9 Å². The van der Waals surface area contributed by atoms with Gasteiger partial charge in [-0.15, -0.1) is 11.3 Å². The molecule has 1 saturated carbocycles. The van der Waals surface area contributed by atoms with Crippen LogP contribution in [-0.2, 0) is 0 Å². The summed E-state index contributed by atoms with van der Waals surface area (Å²) < 4.78 is 51.1. The van der Waals surface area contributed by atoms with Crippen LogP contribution in [0.4, 0.5) is 18.0 Å². The molecule has 0 bridgehead atoms. The van der Waals surface area contributed by atoms with E-state index in [4.69, 9.17) is 9.47 Å². The van der Waals surface area contributed by atoms with Crippen LogP contribution < -0.4 is 14.8 Å². The Morgan fingerprint density at radius 2 is 1.76 bits per heavy atom. The maximum atomic E-state index is 13.8. The highest BCUT2D eigenvalue weighted by Crippen LogP contribution is 2.29. The highest BCUT2D eigenvalue weighted by Gasteiger charge is 2.26. The molecule has 1 aliphatic heterocycles.